The zero-order valence-electron chi connectivity index (χ0n) is 14.2. The van der Waals surface area contributed by atoms with Gasteiger partial charge in [-0.3, -0.25) is 9.59 Å². The third-order valence-electron chi connectivity index (χ3n) is 3.69. The van der Waals surface area contributed by atoms with Crippen molar-refractivity contribution < 1.29 is 62.3 Å². The number of benzene rings is 1. The second-order valence-corrected chi connectivity index (χ2v) is 5.81. The van der Waals surface area contributed by atoms with Crippen molar-refractivity contribution in [2.24, 2.45) is 0 Å². The highest BCUT2D eigenvalue weighted by Crippen LogP contribution is 2.58. The van der Waals surface area contributed by atoms with Crippen molar-refractivity contribution >= 4 is 17.4 Å². The van der Waals surface area contributed by atoms with Gasteiger partial charge in [-0.15, -0.1) is 0 Å². The molecule has 0 unspecified atom stereocenters. The first kappa shape index (κ1) is 25.6. The molecule has 1 amide bonds. The van der Waals surface area contributed by atoms with E-state index in [9.17, 15) is 62.3 Å². The van der Waals surface area contributed by atoms with Crippen LogP contribution in [0.2, 0.25) is 0 Å². The van der Waals surface area contributed by atoms with Gasteiger partial charge in [-0.25, -0.2) is 8.78 Å². The summed E-state index contributed by atoms with van der Waals surface area (Å²) < 4.78 is 157. The Morgan fingerprint density at radius 1 is 0.833 bits per heavy atom. The van der Waals surface area contributed by atoms with Crippen LogP contribution in [0.15, 0.2) is 24.3 Å². The van der Waals surface area contributed by atoms with E-state index in [1.165, 1.54) is 0 Å². The van der Waals surface area contributed by atoms with Crippen molar-refractivity contribution in [2.75, 3.05) is 5.32 Å². The zero-order chi connectivity index (χ0) is 23.9. The predicted molar refractivity (Wildman–Crippen MR) is 75.8 cm³/mol. The summed E-state index contributed by atoms with van der Waals surface area (Å²) in [5.74, 6) is -41.1. The molecule has 0 spiro atoms. The maximum absolute atomic E-state index is 13.7. The average Bonchev–Trinajstić information content (AvgIpc) is 2.60. The molecule has 0 radical (unpaired) electrons. The number of Topliss-reactive ketones (excluding diaryl/α,β-unsaturated/α-hetero) is 1. The first-order valence-corrected chi connectivity index (χ1v) is 7.34. The summed E-state index contributed by atoms with van der Waals surface area (Å²) in [6, 6.07) is 3.31. The average molecular weight is 463 g/mol. The van der Waals surface area contributed by atoms with Gasteiger partial charge in [0.05, 0.1) is 0 Å². The smallest absolute Gasteiger partial charge is 0.321 e. The van der Waals surface area contributed by atoms with Crippen LogP contribution in [0.4, 0.5) is 58.4 Å². The fraction of sp³-hybridized carbons (Fsp3) is 0.467. The number of amides is 1. The van der Waals surface area contributed by atoms with Gasteiger partial charge in [0.2, 0.25) is 0 Å². The molecule has 1 rings (SSSR count). The lowest BCUT2D eigenvalue weighted by atomic mass is 9.94. The van der Waals surface area contributed by atoms with Crippen LogP contribution in [-0.4, -0.2) is 47.7 Å². The predicted octanol–water partition coefficient (Wildman–Crippen LogP) is 5.27. The van der Waals surface area contributed by atoms with Gasteiger partial charge in [-0.2, -0.15) is 43.9 Å². The molecule has 170 valence electrons. The molecule has 0 saturated carbocycles. The van der Waals surface area contributed by atoms with Crippen LogP contribution >= 0.6 is 0 Å². The van der Waals surface area contributed by atoms with Crippen molar-refractivity contribution in [3.05, 3.63) is 29.8 Å². The molecule has 1 aromatic carbocycles. The minimum absolute atomic E-state index is 0.281. The Hall–Kier alpha value is -2.48. The number of nitrogens with one attached hydrogen (secondary N) is 1. The van der Waals surface area contributed by atoms with E-state index in [2.05, 4.69) is 0 Å². The van der Waals surface area contributed by atoms with Crippen molar-refractivity contribution in [1.82, 2.24) is 0 Å². The second kappa shape index (κ2) is 7.65. The number of anilines is 1. The third-order valence-corrected chi connectivity index (χ3v) is 3.69. The first-order chi connectivity index (χ1) is 13.2. The molecule has 30 heavy (non-hydrogen) atoms. The number of carbonyl (C=O) groups excluding carboxylic acids is 2. The zero-order valence-corrected chi connectivity index (χ0v) is 14.2. The molecule has 0 atom stereocenters. The minimum Gasteiger partial charge on any atom is -0.321 e. The molecule has 0 bridgehead atoms. The summed E-state index contributed by atoms with van der Waals surface area (Å²) in [7, 11) is 0. The fourth-order valence-electron chi connectivity index (χ4n) is 1.91. The van der Waals surface area contributed by atoms with Crippen molar-refractivity contribution in [3.8, 4) is 0 Å². The summed E-state index contributed by atoms with van der Waals surface area (Å²) in [6.07, 6.45) is -5.63. The number of carbonyl (C=O) groups is 2. The number of hydrogen-bond donors (Lipinski definition) is 1. The van der Waals surface area contributed by atoms with E-state index >= 15 is 0 Å². The number of halogens is 12. The summed E-state index contributed by atoms with van der Waals surface area (Å²) in [6.45, 7) is 0.954. The quantitative estimate of drug-likeness (QED) is 0.422. The molecular weight excluding hydrogens is 454 g/mol. The van der Waals surface area contributed by atoms with Gasteiger partial charge in [0.15, 0.2) is 5.78 Å². The van der Waals surface area contributed by atoms with Crippen LogP contribution in [-0.2, 0) is 4.79 Å². The van der Waals surface area contributed by atoms with Crippen LogP contribution in [0.5, 0.6) is 0 Å². The van der Waals surface area contributed by atoms with Crippen LogP contribution in [0.3, 0.4) is 0 Å². The van der Waals surface area contributed by atoms with Gasteiger partial charge in [0, 0.05) is 11.3 Å². The number of rotatable bonds is 8. The van der Waals surface area contributed by atoms with E-state index in [0.29, 0.717) is 12.1 Å². The Morgan fingerprint density at radius 3 is 1.77 bits per heavy atom. The summed E-state index contributed by atoms with van der Waals surface area (Å²) in [5, 5.41) is 0.934. The van der Waals surface area contributed by atoms with Crippen LogP contribution in [0.1, 0.15) is 17.3 Å². The monoisotopic (exact) mass is 463 g/mol. The highest BCUT2D eigenvalue weighted by Gasteiger charge is 2.89. The second-order valence-electron chi connectivity index (χ2n) is 5.81. The topological polar surface area (TPSA) is 46.2 Å². The van der Waals surface area contributed by atoms with Crippen LogP contribution < -0.4 is 5.32 Å². The van der Waals surface area contributed by atoms with Gasteiger partial charge in [0.1, 0.15) is 0 Å². The molecule has 0 fully saturated rings. The van der Waals surface area contributed by atoms with Gasteiger partial charge in [0.25, 0.3) is 0 Å². The van der Waals surface area contributed by atoms with E-state index in [1.54, 1.807) is 0 Å². The molecule has 1 aromatic rings. The third kappa shape index (κ3) is 3.80. The lowest BCUT2D eigenvalue weighted by Gasteiger charge is -2.38. The highest BCUT2D eigenvalue weighted by atomic mass is 19.4. The largest absolute Gasteiger partial charge is 0.393 e. The summed E-state index contributed by atoms with van der Waals surface area (Å²) in [4.78, 5) is 22.5. The summed E-state index contributed by atoms with van der Waals surface area (Å²) in [5.41, 5.74) is -1.13. The standard InChI is InChI=1S/C15H9F12NO2/c1-6(29)7-3-2-4-8(5-7)28-10(30)12(20,21)14(24,25)15(26,27)13(22,23)11(18,19)9(16)17/h2-5,9H,1H3,(H,28,30). The van der Waals surface area contributed by atoms with E-state index < -0.39 is 53.4 Å². The summed E-state index contributed by atoms with van der Waals surface area (Å²) >= 11 is 0. The van der Waals surface area contributed by atoms with Crippen LogP contribution in [0.25, 0.3) is 0 Å². The fourth-order valence-corrected chi connectivity index (χ4v) is 1.91. The van der Waals surface area contributed by atoms with E-state index in [-0.39, 0.29) is 5.56 Å². The van der Waals surface area contributed by atoms with E-state index in [0.717, 1.165) is 24.4 Å². The lowest BCUT2D eigenvalue weighted by Crippen LogP contribution is -2.70. The van der Waals surface area contributed by atoms with Crippen molar-refractivity contribution in [2.45, 2.75) is 43.0 Å². The van der Waals surface area contributed by atoms with Crippen molar-refractivity contribution in [3.63, 3.8) is 0 Å². The molecule has 0 aliphatic heterocycles. The van der Waals surface area contributed by atoms with Crippen LogP contribution in [0, 0.1) is 0 Å². The molecule has 0 heterocycles. The van der Waals surface area contributed by atoms with Gasteiger partial charge < -0.3 is 5.32 Å². The molecule has 0 aromatic heterocycles. The SMILES string of the molecule is CC(=O)c1cccc(NC(=O)C(F)(F)C(F)(F)C(F)(F)C(F)(F)C(F)(F)C(F)F)c1. The van der Waals surface area contributed by atoms with E-state index in [1.807, 2.05) is 0 Å². The molecular formula is C15H9F12NO2. The number of alkyl halides is 12. The Balaban J connectivity index is 3.36. The minimum atomic E-state index is -7.80. The van der Waals surface area contributed by atoms with Gasteiger partial charge in [-0.1, -0.05) is 12.1 Å². The number of hydrogen-bond acceptors (Lipinski definition) is 2. The molecule has 1 N–H and O–H groups in total. The van der Waals surface area contributed by atoms with Crippen molar-refractivity contribution in [1.29, 1.82) is 0 Å². The molecule has 0 saturated heterocycles. The molecule has 15 heteroatoms. The molecule has 0 aliphatic rings. The Bertz CT molecular complexity index is 822. The Labute approximate surface area is 159 Å². The maximum atomic E-state index is 13.7. The first-order valence-electron chi connectivity index (χ1n) is 7.34. The lowest BCUT2D eigenvalue weighted by molar-refractivity contribution is -0.406. The number of ketones is 1. The van der Waals surface area contributed by atoms with Gasteiger partial charge in [-0.05, 0) is 19.1 Å². The maximum Gasteiger partial charge on any atom is 0.393 e. The Morgan fingerprint density at radius 2 is 1.33 bits per heavy atom. The Kier molecular flexibility index (Phi) is 6.52. The van der Waals surface area contributed by atoms with E-state index in [4.69, 9.17) is 0 Å². The molecule has 3 nitrogen and oxygen atoms in total. The van der Waals surface area contributed by atoms with Gasteiger partial charge >= 0.3 is 41.9 Å². The highest BCUT2D eigenvalue weighted by molar-refractivity contribution is 5.99. The molecule has 0 aliphatic carbocycles. The normalized spacial score (nSPS) is 14.1.